The highest BCUT2D eigenvalue weighted by molar-refractivity contribution is 4.78. The Morgan fingerprint density at radius 1 is 1.45 bits per heavy atom. The van der Waals surface area contributed by atoms with E-state index in [-0.39, 0.29) is 6.10 Å². The van der Waals surface area contributed by atoms with Gasteiger partial charge in [-0.25, -0.2) is 0 Å². The average molecular weight is 158 g/mol. The number of ether oxygens (including phenoxy) is 1. The summed E-state index contributed by atoms with van der Waals surface area (Å²) < 4.78 is 5.32. The van der Waals surface area contributed by atoms with E-state index in [1.165, 1.54) is 0 Å². The van der Waals surface area contributed by atoms with E-state index in [1.54, 1.807) is 0 Å². The molecule has 1 fully saturated rings. The van der Waals surface area contributed by atoms with Crippen molar-refractivity contribution in [2.75, 3.05) is 6.61 Å². The van der Waals surface area contributed by atoms with Gasteiger partial charge in [-0.2, -0.15) is 0 Å². The van der Waals surface area contributed by atoms with Gasteiger partial charge in [0, 0.05) is 0 Å². The van der Waals surface area contributed by atoms with Gasteiger partial charge in [-0.1, -0.05) is 13.8 Å². The van der Waals surface area contributed by atoms with Crippen LogP contribution in [0.1, 0.15) is 27.2 Å². The monoisotopic (exact) mass is 158 g/mol. The Morgan fingerprint density at radius 2 is 2.09 bits per heavy atom. The van der Waals surface area contributed by atoms with Gasteiger partial charge in [-0.3, -0.25) is 0 Å². The molecule has 0 aromatic carbocycles. The molecule has 1 N–H and O–H groups in total. The molecule has 0 aromatic rings. The predicted molar refractivity (Wildman–Crippen MR) is 44.4 cm³/mol. The number of hydrogen-bond acceptors (Lipinski definition) is 2. The fourth-order valence-electron chi connectivity index (χ4n) is 1.71. The van der Waals surface area contributed by atoms with Crippen molar-refractivity contribution in [2.45, 2.75) is 39.4 Å². The standard InChI is InChI=1S/C9H18O2/c1-6(2)8-4-7(3)11-5-9(8)10/h6-10H,4-5H2,1-3H3/t7?,8-,9-/m0/s1. The SMILES string of the molecule is CC1C[C@@H](C(C)C)[C@@H](O)CO1. The first-order valence-electron chi connectivity index (χ1n) is 4.41. The summed E-state index contributed by atoms with van der Waals surface area (Å²) in [5, 5.41) is 9.53. The molecule has 0 aromatic heterocycles. The van der Waals surface area contributed by atoms with Crippen molar-refractivity contribution in [1.29, 1.82) is 0 Å². The van der Waals surface area contributed by atoms with Crippen LogP contribution in [0.15, 0.2) is 0 Å². The molecule has 0 saturated carbocycles. The van der Waals surface area contributed by atoms with Gasteiger partial charge in [-0.05, 0) is 25.2 Å². The molecule has 11 heavy (non-hydrogen) atoms. The van der Waals surface area contributed by atoms with Crippen LogP contribution in [0.4, 0.5) is 0 Å². The van der Waals surface area contributed by atoms with Gasteiger partial charge >= 0.3 is 0 Å². The molecular formula is C9H18O2. The lowest BCUT2D eigenvalue weighted by molar-refractivity contribution is -0.0925. The van der Waals surface area contributed by atoms with Crippen molar-refractivity contribution in [1.82, 2.24) is 0 Å². The third-order valence-electron chi connectivity index (χ3n) is 2.51. The second-order valence-electron chi connectivity index (χ2n) is 3.85. The summed E-state index contributed by atoms with van der Waals surface area (Å²) in [5.74, 6) is 0.995. The zero-order valence-electron chi connectivity index (χ0n) is 7.58. The highest BCUT2D eigenvalue weighted by Gasteiger charge is 2.29. The lowest BCUT2D eigenvalue weighted by atomic mass is 9.84. The van der Waals surface area contributed by atoms with Crippen LogP contribution in [0.3, 0.4) is 0 Å². The Morgan fingerprint density at radius 3 is 2.55 bits per heavy atom. The van der Waals surface area contributed by atoms with E-state index in [2.05, 4.69) is 20.8 Å². The highest BCUT2D eigenvalue weighted by Crippen LogP contribution is 2.26. The summed E-state index contributed by atoms with van der Waals surface area (Å²) in [5.41, 5.74) is 0. The van der Waals surface area contributed by atoms with E-state index < -0.39 is 0 Å². The summed E-state index contributed by atoms with van der Waals surface area (Å²) >= 11 is 0. The minimum Gasteiger partial charge on any atom is -0.390 e. The molecule has 0 bridgehead atoms. The molecule has 0 amide bonds. The molecule has 1 rings (SSSR count). The zero-order valence-corrected chi connectivity index (χ0v) is 7.58. The molecule has 1 aliphatic heterocycles. The Labute approximate surface area is 68.6 Å². The number of aliphatic hydroxyl groups is 1. The predicted octanol–water partition coefficient (Wildman–Crippen LogP) is 1.43. The van der Waals surface area contributed by atoms with Crippen molar-refractivity contribution in [3.63, 3.8) is 0 Å². The maximum absolute atomic E-state index is 9.53. The molecule has 3 atom stereocenters. The summed E-state index contributed by atoms with van der Waals surface area (Å²) in [7, 11) is 0. The largest absolute Gasteiger partial charge is 0.390 e. The van der Waals surface area contributed by atoms with Gasteiger partial charge in [0.05, 0.1) is 18.8 Å². The fraction of sp³-hybridized carbons (Fsp3) is 1.00. The van der Waals surface area contributed by atoms with Crippen LogP contribution in [0.25, 0.3) is 0 Å². The van der Waals surface area contributed by atoms with E-state index in [9.17, 15) is 5.11 Å². The molecule has 1 aliphatic rings. The van der Waals surface area contributed by atoms with E-state index in [1.807, 2.05) is 0 Å². The molecule has 2 heteroatoms. The number of aliphatic hydroxyl groups excluding tert-OH is 1. The van der Waals surface area contributed by atoms with Gasteiger partial charge in [-0.15, -0.1) is 0 Å². The summed E-state index contributed by atoms with van der Waals surface area (Å²) in [6, 6.07) is 0. The zero-order chi connectivity index (χ0) is 8.43. The molecular weight excluding hydrogens is 140 g/mol. The van der Waals surface area contributed by atoms with Crippen molar-refractivity contribution in [3.05, 3.63) is 0 Å². The molecule has 0 spiro atoms. The van der Waals surface area contributed by atoms with Gasteiger partial charge in [0.1, 0.15) is 0 Å². The number of rotatable bonds is 1. The Kier molecular flexibility index (Phi) is 2.90. The quantitative estimate of drug-likeness (QED) is 0.625. The molecule has 1 unspecified atom stereocenters. The maximum atomic E-state index is 9.53. The minimum atomic E-state index is -0.244. The van der Waals surface area contributed by atoms with Crippen LogP contribution in [-0.2, 0) is 4.74 Å². The lowest BCUT2D eigenvalue weighted by Gasteiger charge is -2.34. The van der Waals surface area contributed by atoms with Gasteiger partial charge in [0.15, 0.2) is 0 Å². The maximum Gasteiger partial charge on any atom is 0.0805 e. The van der Waals surface area contributed by atoms with Crippen LogP contribution in [0.2, 0.25) is 0 Å². The van der Waals surface area contributed by atoms with Crippen molar-refractivity contribution < 1.29 is 9.84 Å². The smallest absolute Gasteiger partial charge is 0.0805 e. The lowest BCUT2D eigenvalue weighted by Crippen LogP contribution is -2.38. The van der Waals surface area contributed by atoms with Gasteiger partial charge in [0.2, 0.25) is 0 Å². The van der Waals surface area contributed by atoms with E-state index in [0.717, 1.165) is 6.42 Å². The van der Waals surface area contributed by atoms with Gasteiger partial charge < -0.3 is 9.84 Å². The first-order valence-corrected chi connectivity index (χ1v) is 4.41. The molecule has 0 aliphatic carbocycles. The second-order valence-corrected chi connectivity index (χ2v) is 3.85. The summed E-state index contributed by atoms with van der Waals surface area (Å²) in [6.45, 7) is 6.91. The van der Waals surface area contributed by atoms with Crippen LogP contribution in [-0.4, -0.2) is 23.9 Å². The topological polar surface area (TPSA) is 29.5 Å². The third kappa shape index (κ3) is 2.17. The molecule has 0 radical (unpaired) electrons. The molecule has 2 nitrogen and oxygen atoms in total. The third-order valence-corrected chi connectivity index (χ3v) is 2.51. The Bertz CT molecular complexity index is 123. The summed E-state index contributed by atoms with van der Waals surface area (Å²) in [6.07, 6.45) is 1.08. The number of hydrogen-bond donors (Lipinski definition) is 1. The minimum absolute atomic E-state index is 0.244. The first kappa shape index (κ1) is 9.01. The van der Waals surface area contributed by atoms with Crippen LogP contribution in [0, 0.1) is 11.8 Å². The Balaban J connectivity index is 2.47. The molecule has 66 valence electrons. The van der Waals surface area contributed by atoms with Crippen molar-refractivity contribution in [3.8, 4) is 0 Å². The average Bonchev–Trinajstić information content (AvgIpc) is 1.94. The van der Waals surface area contributed by atoms with Gasteiger partial charge in [0.25, 0.3) is 0 Å². The van der Waals surface area contributed by atoms with Crippen LogP contribution >= 0.6 is 0 Å². The molecule has 1 saturated heterocycles. The van der Waals surface area contributed by atoms with E-state index >= 15 is 0 Å². The van der Waals surface area contributed by atoms with Crippen LogP contribution < -0.4 is 0 Å². The van der Waals surface area contributed by atoms with Crippen molar-refractivity contribution >= 4 is 0 Å². The first-order chi connectivity index (χ1) is 5.11. The molecule has 1 heterocycles. The van der Waals surface area contributed by atoms with E-state index in [0.29, 0.717) is 24.5 Å². The second kappa shape index (κ2) is 3.55. The van der Waals surface area contributed by atoms with Crippen molar-refractivity contribution in [2.24, 2.45) is 11.8 Å². The van der Waals surface area contributed by atoms with E-state index in [4.69, 9.17) is 4.74 Å². The fourth-order valence-corrected chi connectivity index (χ4v) is 1.71. The van der Waals surface area contributed by atoms with Crippen LogP contribution in [0.5, 0.6) is 0 Å². The normalized spacial score (nSPS) is 39.5. The summed E-state index contributed by atoms with van der Waals surface area (Å²) in [4.78, 5) is 0. The highest BCUT2D eigenvalue weighted by atomic mass is 16.5. The Hall–Kier alpha value is -0.0800.